The van der Waals surface area contributed by atoms with Crippen LogP contribution in [0.4, 0.5) is 0 Å². The number of alkyl halides is 2. The number of hydrogen-bond donors (Lipinski definition) is 0. The van der Waals surface area contributed by atoms with E-state index < -0.39 is 15.0 Å². The van der Waals surface area contributed by atoms with Crippen LogP contribution in [0.15, 0.2) is 12.7 Å². The predicted octanol–water partition coefficient (Wildman–Crippen LogP) is 2.89. The molecule has 4 heteroatoms. The summed E-state index contributed by atoms with van der Waals surface area (Å²) in [5.74, 6) is 0. The molecule has 0 aromatic heterocycles. The normalized spacial score (nSPS) is 33.0. The van der Waals surface area contributed by atoms with Gasteiger partial charge in [-0.25, -0.2) is 0 Å². The molecule has 1 aliphatic carbocycles. The van der Waals surface area contributed by atoms with Crippen LogP contribution in [-0.2, 0) is 4.79 Å². The maximum atomic E-state index is 10.9. The van der Waals surface area contributed by atoms with E-state index in [2.05, 4.69) is 6.58 Å². The molecule has 0 N–H and O–H groups in total. The molecular formula is C7H7Cl3O. The average Bonchev–Trinajstić information content (AvgIpc) is 2.36. The van der Waals surface area contributed by atoms with Gasteiger partial charge in [0.2, 0.25) is 5.24 Å². The molecule has 0 bridgehead atoms. The first-order valence-corrected chi connectivity index (χ1v) is 4.28. The average molecular weight is 213 g/mol. The predicted molar refractivity (Wildman–Crippen MR) is 47.2 cm³/mol. The van der Waals surface area contributed by atoms with E-state index in [0.29, 0.717) is 12.8 Å². The Morgan fingerprint density at radius 3 is 2.18 bits per heavy atom. The van der Waals surface area contributed by atoms with E-state index >= 15 is 0 Å². The Morgan fingerprint density at radius 1 is 1.64 bits per heavy atom. The van der Waals surface area contributed by atoms with Crippen molar-refractivity contribution in [3.8, 4) is 0 Å². The van der Waals surface area contributed by atoms with E-state index in [9.17, 15) is 4.79 Å². The molecule has 0 amide bonds. The van der Waals surface area contributed by atoms with Crippen LogP contribution >= 0.6 is 34.8 Å². The molecule has 1 saturated carbocycles. The molecule has 0 aliphatic heterocycles. The van der Waals surface area contributed by atoms with Gasteiger partial charge < -0.3 is 0 Å². The van der Waals surface area contributed by atoms with E-state index in [1.165, 1.54) is 0 Å². The number of carbonyl (C=O) groups excluding carboxylic acids is 1. The quantitative estimate of drug-likeness (QED) is 0.400. The van der Waals surface area contributed by atoms with E-state index in [1.54, 1.807) is 6.08 Å². The van der Waals surface area contributed by atoms with Gasteiger partial charge in [0.15, 0.2) is 0 Å². The van der Waals surface area contributed by atoms with Crippen molar-refractivity contribution < 1.29 is 4.79 Å². The molecule has 1 nitrogen and oxygen atoms in total. The summed E-state index contributed by atoms with van der Waals surface area (Å²) >= 11 is 16.8. The van der Waals surface area contributed by atoms with Crippen molar-refractivity contribution >= 4 is 40.0 Å². The minimum atomic E-state index is -0.972. The van der Waals surface area contributed by atoms with Gasteiger partial charge in [0, 0.05) is 0 Å². The zero-order valence-corrected chi connectivity index (χ0v) is 8.01. The van der Waals surface area contributed by atoms with Gasteiger partial charge in [0.1, 0.15) is 4.33 Å². The molecule has 0 aromatic carbocycles. The second kappa shape index (κ2) is 2.65. The van der Waals surface area contributed by atoms with Crippen molar-refractivity contribution in [3.05, 3.63) is 12.7 Å². The Bertz CT molecular complexity index is 212. The molecule has 0 saturated heterocycles. The van der Waals surface area contributed by atoms with Gasteiger partial charge in [-0.3, -0.25) is 4.79 Å². The standard InChI is InChI=1S/C7H7Cl3O/c1-2-3-6(5(8)11)4-7(6,9)10/h2H,1,3-4H2. The lowest BCUT2D eigenvalue weighted by molar-refractivity contribution is -0.116. The Morgan fingerprint density at radius 2 is 2.09 bits per heavy atom. The van der Waals surface area contributed by atoms with Crippen LogP contribution in [0.3, 0.4) is 0 Å². The third-order valence-corrected chi connectivity index (χ3v) is 3.32. The first-order chi connectivity index (χ1) is 4.96. The SMILES string of the molecule is C=CCC1(C(=O)Cl)CC1(Cl)Cl. The van der Waals surface area contributed by atoms with Crippen LogP contribution < -0.4 is 0 Å². The van der Waals surface area contributed by atoms with Gasteiger partial charge in [-0.1, -0.05) is 6.08 Å². The second-order valence-electron chi connectivity index (χ2n) is 2.73. The van der Waals surface area contributed by atoms with Crippen molar-refractivity contribution in [2.24, 2.45) is 5.41 Å². The zero-order chi connectivity index (χ0) is 8.70. The van der Waals surface area contributed by atoms with Crippen molar-refractivity contribution in [2.45, 2.75) is 17.2 Å². The third kappa shape index (κ3) is 1.30. The van der Waals surface area contributed by atoms with Crippen LogP contribution in [0.1, 0.15) is 12.8 Å². The number of allylic oxidation sites excluding steroid dienone is 1. The van der Waals surface area contributed by atoms with E-state index in [0.717, 1.165) is 0 Å². The smallest absolute Gasteiger partial charge is 0.231 e. The van der Waals surface area contributed by atoms with Crippen molar-refractivity contribution in [2.75, 3.05) is 0 Å². The molecule has 1 atom stereocenters. The summed E-state index contributed by atoms with van der Waals surface area (Å²) < 4.78 is -0.972. The fourth-order valence-corrected chi connectivity index (χ4v) is 2.28. The Hall–Kier alpha value is 0.280. The topological polar surface area (TPSA) is 17.1 Å². The van der Waals surface area contributed by atoms with E-state index in [4.69, 9.17) is 34.8 Å². The van der Waals surface area contributed by atoms with Crippen LogP contribution in [0, 0.1) is 5.41 Å². The van der Waals surface area contributed by atoms with Crippen molar-refractivity contribution in [1.29, 1.82) is 0 Å². The fraction of sp³-hybridized carbons (Fsp3) is 0.571. The minimum absolute atomic E-state index is 0.428. The van der Waals surface area contributed by atoms with Gasteiger partial charge in [-0.15, -0.1) is 29.8 Å². The monoisotopic (exact) mass is 212 g/mol. The van der Waals surface area contributed by atoms with Crippen LogP contribution in [0.5, 0.6) is 0 Å². The van der Waals surface area contributed by atoms with Gasteiger partial charge in [0.05, 0.1) is 5.41 Å². The highest BCUT2D eigenvalue weighted by molar-refractivity contribution is 6.68. The maximum Gasteiger partial charge on any atom is 0.231 e. The lowest BCUT2D eigenvalue weighted by atomic mass is 10.1. The van der Waals surface area contributed by atoms with Crippen molar-refractivity contribution in [1.82, 2.24) is 0 Å². The third-order valence-electron chi connectivity index (χ3n) is 1.97. The van der Waals surface area contributed by atoms with Crippen LogP contribution in [-0.4, -0.2) is 9.58 Å². The largest absolute Gasteiger partial charge is 0.281 e. The summed E-state index contributed by atoms with van der Waals surface area (Å²) in [5.41, 5.74) is -0.764. The molecule has 0 aromatic rings. The summed E-state index contributed by atoms with van der Waals surface area (Å²) in [6, 6.07) is 0. The summed E-state index contributed by atoms with van der Waals surface area (Å²) in [4.78, 5) is 10.9. The Labute approximate surface area is 80.3 Å². The van der Waals surface area contributed by atoms with Crippen LogP contribution in [0.25, 0.3) is 0 Å². The summed E-state index contributed by atoms with van der Waals surface area (Å²) in [5, 5.41) is -0.470. The molecule has 0 radical (unpaired) electrons. The molecule has 0 heterocycles. The van der Waals surface area contributed by atoms with Gasteiger partial charge >= 0.3 is 0 Å². The molecule has 1 fully saturated rings. The first kappa shape index (κ1) is 9.37. The molecule has 1 aliphatic rings. The number of halogens is 3. The number of hydrogen-bond acceptors (Lipinski definition) is 1. The maximum absolute atomic E-state index is 10.9. The van der Waals surface area contributed by atoms with Gasteiger partial charge in [-0.2, -0.15) is 0 Å². The highest BCUT2D eigenvalue weighted by atomic mass is 35.5. The summed E-state index contributed by atoms with van der Waals surface area (Å²) in [7, 11) is 0. The highest BCUT2D eigenvalue weighted by Crippen LogP contribution is 2.67. The first-order valence-electron chi connectivity index (χ1n) is 3.15. The van der Waals surface area contributed by atoms with E-state index in [-0.39, 0.29) is 0 Å². The summed E-state index contributed by atoms with van der Waals surface area (Å²) in [6.45, 7) is 3.51. The van der Waals surface area contributed by atoms with Gasteiger partial charge in [-0.05, 0) is 24.4 Å². The van der Waals surface area contributed by atoms with Crippen LogP contribution in [0.2, 0.25) is 0 Å². The second-order valence-corrected chi connectivity index (χ2v) is 4.56. The molecule has 11 heavy (non-hydrogen) atoms. The Kier molecular flexibility index (Phi) is 2.26. The highest BCUT2D eigenvalue weighted by Gasteiger charge is 2.69. The zero-order valence-electron chi connectivity index (χ0n) is 5.74. The van der Waals surface area contributed by atoms with Gasteiger partial charge in [0.25, 0.3) is 0 Å². The fourth-order valence-electron chi connectivity index (χ4n) is 1.10. The molecule has 0 spiro atoms. The molecule has 62 valence electrons. The van der Waals surface area contributed by atoms with E-state index in [1.807, 2.05) is 0 Å². The summed E-state index contributed by atoms with van der Waals surface area (Å²) in [6.07, 6.45) is 2.48. The molecule has 1 unspecified atom stereocenters. The Balaban J connectivity index is 2.79. The molecule has 1 rings (SSSR count). The number of rotatable bonds is 3. The van der Waals surface area contributed by atoms with Crippen molar-refractivity contribution in [3.63, 3.8) is 0 Å². The lowest BCUT2D eigenvalue weighted by Crippen LogP contribution is -2.16. The lowest BCUT2D eigenvalue weighted by Gasteiger charge is -2.08. The minimum Gasteiger partial charge on any atom is -0.281 e. The number of carbonyl (C=O) groups is 1. The molecular weight excluding hydrogens is 206 g/mol.